The second-order valence-electron chi connectivity index (χ2n) is 8.50. The maximum absolute atomic E-state index is 13.4. The van der Waals surface area contributed by atoms with Gasteiger partial charge in [0.25, 0.3) is 5.56 Å². The highest BCUT2D eigenvalue weighted by Crippen LogP contribution is 2.26. The number of benzene rings is 2. The van der Waals surface area contributed by atoms with Crippen molar-refractivity contribution in [2.24, 2.45) is 0 Å². The Morgan fingerprint density at radius 3 is 2.62 bits per heavy atom. The maximum atomic E-state index is 13.4. The molecule has 0 fully saturated rings. The van der Waals surface area contributed by atoms with Gasteiger partial charge in [-0.15, -0.1) is 0 Å². The predicted molar refractivity (Wildman–Crippen MR) is 149 cm³/mol. The van der Waals surface area contributed by atoms with Gasteiger partial charge < -0.3 is 18.9 Å². The van der Waals surface area contributed by atoms with E-state index in [0.717, 1.165) is 11.3 Å². The summed E-state index contributed by atoms with van der Waals surface area (Å²) in [7, 11) is 1.60. The lowest BCUT2D eigenvalue weighted by Crippen LogP contribution is -2.24. The first-order valence-corrected chi connectivity index (χ1v) is 12.6. The fourth-order valence-corrected chi connectivity index (χ4v) is 3.87. The van der Waals surface area contributed by atoms with Gasteiger partial charge in [0.15, 0.2) is 11.6 Å². The van der Waals surface area contributed by atoms with Crippen LogP contribution in [-0.4, -0.2) is 33.2 Å². The molecule has 0 bridgehead atoms. The zero-order chi connectivity index (χ0) is 28.6. The van der Waals surface area contributed by atoms with Crippen molar-refractivity contribution in [3.8, 4) is 29.2 Å². The number of halogens is 1. The third-order valence-corrected chi connectivity index (χ3v) is 5.88. The molecule has 0 aliphatic heterocycles. The third-order valence-electron chi connectivity index (χ3n) is 5.66. The number of aryl methyl sites for hydroxylation is 1. The normalized spacial score (nSPS) is 10.5. The van der Waals surface area contributed by atoms with Crippen LogP contribution in [0.15, 0.2) is 66.4 Å². The van der Waals surface area contributed by atoms with E-state index in [1.165, 1.54) is 29.1 Å². The van der Waals surface area contributed by atoms with Gasteiger partial charge in [0.1, 0.15) is 18.1 Å². The summed E-state index contributed by atoms with van der Waals surface area (Å²) in [5.74, 6) is 1.79. The Morgan fingerprint density at radius 1 is 1.15 bits per heavy atom. The van der Waals surface area contributed by atoms with Crippen LogP contribution in [0.2, 0.25) is 5.02 Å². The van der Waals surface area contributed by atoms with Gasteiger partial charge in [-0.3, -0.25) is 9.36 Å². The SMILES string of the molecule is C=C(OCC)c1ncc(Cn2cnc(C)c(Oc3cc(Cl)cc(C#N)c3)c2=O)c(OCc2ccc(OC)cc2)n1. The Morgan fingerprint density at radius 2 is 1.93 bits per heavy atom. The Labute approximate surface area is 236 Å². The molecule has 0 saturated heterocycles. The number of nitrogens with zero attached hydrogens (tertiary/aromatic N) is 5. The van der Waals surface area contributed by atoms with Crippen LogP contribution in [0.5, 0.6) is 23.1 Å². The topological polar surface area (TPSA) is 121 Å². The molecular formula is C29H26ClN5O5. The van der Waals surface area contributed by atoms with Gasteiger partial charge in [-0.2, -0.15) is 10.2 Å². The summed E-state index contributed by atoms with van der Waals surface area (Å²) in [5, 5.41) is 9.54. The average Bonchev–Trinajstić information content (AvgIpc) is 2.96. The molecule has 204 valence electrons. The van der Waals surface area contributed by atoms with E-state index in [2.05, 4.69) is 21.5 Å². The first-order valence-electron chi connectivity index (χ1n) is 12.2. The molecule has 4 rings (SSSR count). The number of nitriles is 1. The minimum Gasteiger partial charge on any atom is -0.497 e. The highest BCUT2D eigenvalue weighted by Gasteiger charge is 2.17. The van der Waals surface area contributed by atoms with Gasteiger partial charge in [-0.1, -0.05) is 30.3 Å². The first-order chi connectivity index (χ1) is 19.3. The van der Waals surface area contributed by atoms with E-state index < -0.39 is 5.56 Å². The Balaban J connectivity index is 1.65. The molecule has 0 aliphatic rings. The van der Waals surface area contributed by atoms with Crippen LogP contribution >= 0.6 is 11.6 Å². The zero-order valence-electron chi connectivity index (χ0n) is 22.2. The van der Waals surface area contributed by atoms with Crippen molar-refractivity contribution in [1.29, 1.82) is 5.26 Å². The zero-order valence-corrected chi connectivity index (χ0v) is 22.9. The van der Waals surface area contributed by atoms with Crippen LogP contribution in [0, 0.1) is 18.3 Å². The number of hydrogen-bond donors (Lipinski definition) is 0. The van der Waals surface area contributed by atoms with Crippen LogP contribution in [0.1, 0.15) is 35.1 Å². The van der Waals surface area contributed by atoms with Crippen LogP contribution in [0.25, 0.3) is 5.76 Å². The molecule has 0 N–H and O–H groups in total. The summed E-state index contributed by atoms with van der Waals surface area (Å²) in [6.07, 6.45) is 2.96. The van der Waals surface area contributed by atoms with Crippen molar-refractivity contribution >= 4 is 17.4 Å². The number of ether oxygens (including phenoxy) is 4. The molecule has 0 atom stereocenters. The number of rotatable bonds is 11. The Kier molecular flexibility index (Phi) is 8.99. The average molecular weight is 560 g/mol. The monoisotopic (exact) mass is 559 g/mol. The summed E-state index contributed by atoms with van der Waals surface area (Å²) < 4.78 is 23.9. The van der Waals surface area contributed by atoms with E-state index in [4.69, 9.17) is 30.5 Å². The lowest BCUT2D eigenvalue weighted by Gasteiger charge is -2.15. The molecule has 0 aliphatic carbocycles. The van der Waals surface area contributed by atoms with Crippen molar-refractivity contribution in [2.75, 3.05) is 13.7 Å². The summed E-state index contributed by atoms with van der Waals surface area (Å²) in [4.78, 5) is 26.6. The van der Waals surface area contributed by atoms with Crippen LogP contribution in [0.3, 0.4) is 0 Å². The fraction of sp³-hybridized carbons (Fsp3) is 0.207. The minimum absolute atomic E-state index is 0.00313. The fourth-order valence-electron chi connectivity index (χ4n) is 3.64. The summed E-state index contributed by atoms with van der Waals surface area (Å²) >= 11 is 6.10. The van der Waals surface area contributed by atoms with Crippen molar-refractivity contribution in [1.82, 2.24) is 19.5 Å². The van der Waals surface area contributed by atoms with Crippen molar-refractivity contribution in [3.05, 3.63) is 105 Å². The van der Waals surface area contributed by atoms with Crippen molar-refractivity contribution < 1.29 is 18.9 Å². The number of hydrogen-bond acceptors (Lipinski definition) is 9. The van der Waals surface area contributed by atoms with Gasteiger partial charge in [-0.05, 0) is 49.7 Å². The molecule has 2 aromatic heterocycles. The van der Waals surface area contributed by atoms with E-state index in [0.29, 0.717) is 34.2 Å². The van der Waals surface area contributed by atoms with Crippen LogP contribution in [-0.2, 0) is 17.9 Å². The second kappa shape index (κ2) is 12.8. The van der Waals surface area contributed by atoms with Gasteiger partial charge >= 0.3 is 0 Å². The van der Waals surface area contributed by atoms with Crippen molar-refractivity contribution in [2.45, 2.75) is 27.0 Å². The molecule has 2 heterocycles. The van der Waals surface area contributed by atoms with E-state index in [1.54, 1.807) is 20.2 Å². The Bertz CT molecular complexity index is 1630. The molecule has 11 heteroatoms. The van der Waals surface area contributed by atoms with Crippen LogP contribution in [0.4, 0.5) is 0 Å². The smallest absolute Gasteiger partial charge is 0.296 e. The largest absolute Gasteiger partial charge is 0.497 e. The summed E-state index contributed by atoms with van der Waals surface area (Å²) in [5.41, 5.74) is 1.63. The van der Waals surface area contributed by atoms with E-state index >= 15 is 0 Å². The summed E-state index contributed by atoms with van der Waals surface area (Å²) in [6, 6.07) is 13.9. The molecule has 40 heavy (non-hydrogen) atoms. The molecule has 0 unspecified atom stereocenters. The van der Waals surface area contributed by atoms with Crippen LogP contribution < -0.4 is 19.8 Å². The molecule has 0 saturated carbocycles. The summed E-state index contributed by atoms with van der Waals surface area (Å²) in [6.45, 7) is 8.01. The molecule has 4 aromatic rings. The molecule has 0 amide bonds. The first kappa shape index (κ1) is 28.1. The highest BCUT2D eigenvalue weighted by atomic mass is 35.5. The predicted octanol–water partition coefficient (Wildman–Crippen LogP) is 5.30. The Hall–Kier alpha value is -4.88. The standard InChI is InChI=1S/C29H26ClN5O5/c1-5-38-19(3)27-32-14-22(28(34-27)39-16-20-6-8-24(37-4)9-7-20)15-35-17-33-18(2)26(29(35)36)40-25-11-21(13-31)10-23(30)12-25/h6-12,14,17H,3,5,15-16H2,1-2,4H3. The van der Waals surface area contributed by atoms with Gasteiger partial charge in [0, 0.05) is 11.2 Å². The van der Waals surface area contributed by atoms with Gasteiger partial charge in [0.2, 0.25) is 11.6 Å². The molecule has 10 nitrogen and oxygen atoms in total. The second-order valence-corrected chi connectivity index (χ2v) is 8.94. The lowest BCUT2D eigenvalue weighted by atomic mass is 10.2. The van der Waals surface area contributed by atoms with Crippen molar-refractivity contribution in [3.63, 3.8) is 0 Å². The maximum Gasteiger partial charge on any atom is 0.296 e. The van der Waals surface area contributed by atoms with E-state index in [9.17, 15) is 10.1 Å². The molecular weight excluding hydrogens is 534 g/mol. The molecule has 0 spiro atoms. The molecule has 2 aromatic carbocycles. The third kappa shape index (κ3) is 6.76. The van der Waals surface area contributed by atoms with E-state index in [-0.39, 0.29) is 36.4 Å². The highest BCUT2D eigenvalue weighted by molar-refractivity contribution is 6.30. The van der Waals surface area contributed by atoms with E-state index in [1.807, 2.05) is 37.3 Å². The quantitative estimate of drug-likeness (QED) is 0.225. The number of methoxy groups -OCH3 is 1. The molecule has 0 radical (unpaired) electrons. The lowest BCUT2D eigenvalue weighted by molar-refractivity contribution is 0.281. The van der Waals surface area contributed by atoms with Gasteiger partial charge in [0.05, 0.1) is 49.5 Å². The number of aromatic nitrogens is 4. The minimum atomic E-state index is -0.449. The van der Waals surface area contributed by atoms with Gasteiger partial charge in [-0.25, -0.2) is 9.97 Å².